The van der Waals surface area contributed by atoms with E-state index in [0.717, 1.165) is 5.56 Å². The molecule has 0 radical (unpaired) electrons. The van der Waals surface area contributed by atoms with Gasteiger partial charge in [0, 0.05) is 17.7 Å². The first-order chi connectivity index (χ1) is 16.0. The van der Waals surface area contributed by atoms with E-state index in [1.165, 1.54) is 23.1 Å². The molecule has 1 aliphatic heterocycles. The van der Waals surface area contributed by atoms with Gasteiger partial charge < -0.3 is 4.42 Å². The van der Waals surface area contributed by atoms with Crippen LogP contribution in [0.4, 0.5) is 11.4 Å². The average Bonchev–Trinajstić information content (AvgIpc) is 3.25. The lowest BCUT2D eigenvalue weighted by atomic mass is 9.87. The Morgan fingerprint density at radius 2 is 1.65 bits per heavy atom. The number of amides is 2. The Balaban J connectivity index is 1.62. The normalized spacial score (nSPS) is 15.6. The van der Waals surface area contributed by atoms with Crippen LogP contribution in [-0.2, 0) is 15.0 Å². The number of thiocarbonyl (C=S) groups is 1. The highest BCUT2D eigenvalue weighted by Crippen LogP contribution is 2.29. The van der Waals surface area contributed by atoms with Gasteiger partial charge in [-0.2, -0.15) is 0 Å². The van der Waals surface area contributed by atoms with Crippen molar-refractivity contribution in [3.63, 3.8) is 0 Å². The number of hydrogen-bond donors (Lipinski definition) is 1. The fraction of sp³-hybridized carbons (Fsp3) is 0.160. The van der Waals surface area contributed by atoms with Gasteiger partial charge >= 0.3 is 0 Å². The van der Waals surface area contributed by atoms with Crippen molar-refractivity contribution in [1.82, 2.24) is 5.32 Å². The van der Waals surface area contributed by atoms with E-state index in [9.17, 15) is 19.7 Å². The van der Waals surface area contributed by atoms with E-state index in [0.29, 0.717) is 17.0 Å². The zero-order valence-electron chi connectivity index (χ0n) is 18.7. The second kappa shape index (κ2) is 8.68. The summed E-state index contributed by atoms with van der Waals surface area (Å²) in [5.41, 5.74) is 2.05. The van der Waals surface area contributed by atoms with Gasteiger partial charge in [-0.05, 0) is 65.7 Å². The van der Waals surface area contributed by atoms with Crippen LogP contribution in [0.2, 0.25) is 0 Å². The Bertz CT molecular complexity index is 1330. The maximum absolute atomic E-state index is 13.2. The van der Waals surface area contributed by atoms with Crippen LogP contribution in [-0.4, -0.2) is 21.9 Å². The lowest BCUT2D eigenvalue weighted by Crippen LogP contribution is -2.54. The summed E-state index contributed by atoms with van der Waals surface area (Å²) in [4.78, 5) is 37.4. The lowest BCUT2D eigenvalue weighted by molar-refractivity contribution is -0.384. The van der Waals surface area contributed by atoms with Crippen molar-refractivity contribution in [3.05, 3.63) is 87.7 Å². The molecule has 0 unspecified atom stereocenters. The fourth-order valence-electron chi connectivity index (χ4n) is 3.48. The molecule has 172 valence electrons. The first kappa shape index (κ1) is 23.1. The molecule has 9 heteroatoms. The molecule has 3 aromatic rings. The van der Waals surface area contributed by atoms with Gasteiger partial charge in [-0.25, -0.2) is 0 Å². The minimum atomic E-state index is -0.620. The van der Waals surface area contributed by atoms with E-state index in [1.807, 2.05) is 12.1 Å². The van der Waals surface area contributed by atoms with Crippen molar-refractivity contribution in [3.8, 4) is 11.3 Å². The number of nitrogens with one attached hydrogen (secondary N) is 1. The molecule has 1 aromatic heterocycles. The molecule has 0 aliphatic carbocycles. The number of benzene rings is 2. The predicted octanol–water partition coefficient (Wildman–Crippen LogP) is 4.98. The number of furan rings is 1. The minimum absolute atomic E-state index is 0.00155. The number of nitro groups is 1. The molecule has 1 N–H and O–H groups in total. The molecule has 2 aromatic carbocycles. The van der Waals surface area contributed by atoms with Crippen molar-refractivity contribution >= 4 is 46.6 Å². The molecule has 0 spiro atoms. The van der Waals surface area contributed by atoms with E-state index in [-0.39, 0.29) is 27.5 Å². The number of nitro benzene ring substituents is 1. The van der Waals surface area contributed by atoms with E-state index >= 15 is 0 Å². The summed E-state index contributed by atoms with van der Waals surface area (Å²) in [5.74, 6) is -0.463. The molecule has 2 heterocycles. The highest BCUT2D eigenvalue weighted by atomic mass is 32.1. The Hall–Kier alpha value is -4.11. The molecule has 34 heavy (non-hydrogen) atoms. The summed E-state index contributed by atoms with van der Waals surface area (Å²) in [6.07, 6.45) is 1.35. The van der Waals surface area contributed by atoms with Crippen LogP contribution < -0.4 is 10.2 Å². The smallest absolute Gasteiger partial charge is 0.270 e. The summed E-state index contributed by atoms with van der Waals surface area (Å²) < 4.78 is 5.76. The summed E-state index contributed by atoms with van der Waals surface area (Å²) in [7, 11) is 0. The van der Waals surface area contributed by atoms with E-state index in [4.69, 9.17) is 16.6 Å². The van der Waals surface area contributed by atoms with E-state index < -0.39 is 16.7 Å². The van der Waals surface area contributed by atoms with E-state index in [1.54, 1.807) is 36.4 Å². The number of carbonyl (C=O) groups excluding carboxylic acids is 2. The van der Waals surface area contributed by atoms with Crippen molar-refractivity contribution in [2.45, 2.75) is 26.2 Å². The highest BCUT2D eigenvalue weighted by molar-refractivity contribution is 7.80. The number of carbonyl (C=O) groups is 2. The number of nitrogens with zero attached hydrogens (tertiary/aromatic N) is 2. The summed E-state index contributed by atoms with van der Waals surface area (Å²) in [6, 6.07) is 16.6. The Kier molecular flexibility index (Phi) is 5.89. The van der Waals surface area contributed by atoms with Crippen LogP contribution in [0, 0.1) is 10.1 Å². The average molecular weight is 476 g/mol. The monoisotopic (exact) mass is 475 g/mol. The van der Waals surface area contributed by atoms with Crippen molar-refractivity contribution < 1.29 is 18.9 Å². The third-order valence-corrected chi connectivity index (χ3v) is 5.65. The van der Waals surface area contributed by atoms with Gasteiger partial charge in [0.25, 0.3) is 17.5 Å². The fourth-order valence-corrected chi connectivity index (χ4v) is 3.76. The topological polar surface area (TPSA) is 106 Å². The second-order valence-corrected chi connectivity index (χ2v) is 9.15. The van der Waals surface area contributed by atoms with E-state index in [2.05, 4.69) is 26.1 Å². The van der Waals surface area contributed by atoms with Gasteiger partial charge in [0.15, 0.2) is 5.11 Å². The number of anilines is 1. The highest BCUT2D eigenvalue weighted by Gasteiger charge is 2.35. The number of non-ortho nitro benzene ring substituents is 1. The Labute approximate surface area is 201 Å². The Morgan fingerprint density at radius 1 is 1.00 bits per heavy atom. The van der Waals surface area contributed by atoms with Crippen molar-refractivity contribution in [1.29, 1.82) is 0 Å². The third-order valence-electron chi connectivity index (χ3n) is 5.37. The van der Waals surface area contributed by atoms with Gasteiger partial charge in [-0.1, -0.05) is 32.9 Å². The van der Waals surface area contributed by atoms with Crippen LogP contribution in [0.3, 0.4) is 0 Å². The van der Waals surface area contributed by atoms with Crippen LogP contribution >= 0.6 is 12.2 Å². The number of hydrogen-bond acceptors (Lipinski definition) is 6. The molecule has 1 aliphatic rings. The third kappa shape index (κ3) is 4.51. The standard InChI is InChI=1S/C25H21N3O5S/c1-25(2,3)16-6-10-17(11-7-16)27-23(30)20(22(29)26-24(27)34)14-19-12-13-21(33-19)15-4-8-18(9-5-15)28(31)32/h4-14H,1-3H3,(H,26,29,34). The summed E-state index contributed by atoms with van der Waals surface area (Å²) in [6.45, 7) is 6.27. The van der Waals surface area contributed by atoms with Crippen LogP contribution in [0.5, 0.6) is 0 Å². The molecule has 0 saturated carbocycles. The molecular formula is C25H21N3O5S. The molecule has 1 saturated heterocycles. The molecule has 2 amide bonds. The van der Waals surface area contributed by atoms with Gasteiger partial charge in [0.05, 0.1) is 10.6 Å². The quantitative estimate of drug-likeness (QED) is 0.187. The van der Waals surface area contributed by atoms with Crippen molar-refractivity contribution in [2.75, 3.05) is 4.90 Å². The molecule has 0 bridgehead atoms. The lowest BCUT2D eigenvalue weighted by Gasteiger charge is -2.29. The molecule has 0 atom stereocenters. The predicted molar refractivity (Wildman–Crippen MR) is 132 cm³/mol. The SMILES string of the molecule is CC(C)(C)c1ccc(N2C(=O)C(=Cc3ccc(-c4ccc([N+](=O)[O-])cc4)o3)C(=O)NC2=S)cc1. The summed E-state index contributed by atoms with van der Waals surface area (Å²) in [5, 5.41) is 13.4. The van der Waals surface area contributed by atoms with Gasteiger partial charge in [-0.15, -0.1) is 0 Å². The zero-order chi connectivity index (χ0) is 24.6. The van der Waals surface area contributed by atoms with Gasteiger partial charge in [0.2, 0.25) is 0 Å². The summed E-state index contributed by atoms with van der Waals surface area (Å²) >= 11 is 5.26. The van der Waals surface area contributed by atoms with Gasteiger partial charge in [0.1, 0.15) is 17.1 Å². The van der Waals surface area contributed by atoms with Crippen LogP contribution in [0.1, 0.15) is 32.1 Å². The molecule has 1 fully saturated rings. The van der Waals surface area contributed by atoms with Crippen LogP contribution in [0.25, 0.3) is 17.4 Å². The molecule has 8 nitrogen and oxygen atoms in total. The molecular weight excluding hydrogens is 454 g/mol. The van der Waals surface area contributed by atoms with Gasteiger partial charge in [-0.3, -0.25) is 29.9 Å². The Morgan fingerprint density at radius 3 is 2.24 bits per heavy atom. The molecule has 4 rings (SSSR count). The van der Waals surface area contributed by atoms with Crippen LogP contribution in [0.15, 0.2) is 70.7 Å². The van der Waals surface area contributed by atoms with Crippen molar-refractivity contribution in [2.24, 2.45) is 0 Å². The maximum Gasteiger partial charge on any atom is 0.270 e. The number of rotatable bonds is 4. The first-order valence-corrected chi connectivity index (χ1v) is 10.8. The maximum atomic E-state index is 13.2. The first-order valence-electron chi connectivity index (χ1n) is 10.4. The largest absolute Gasteiger partial charge is 0.457 e. The minimum Gasteiger partial charge on any atom is -0.457 e. The zero-order valence-corrected chi connectivity index (χ0v) is 19.5. The second-order valence-electron chi connectivity index (χ2n) is 8.76.